The summed E-state index contributed by atoms with van der Waals surface area (Å²) in [7, 11) is 1.26. The number of aromatic nitrogens is 1. The van der Waals surface area contributed by atoms with Gasteiger partial charge in [-0.2, -0.15) is 0 Å². The van der Waals surface area contributed by atoms with Gasteiger partial charge in [0.25, 0.3) is 0 Å². The first-order valence-electron chi connectivity index (χ1n) is 9.30. The number of carbonyl (C=O) groups is 3. The minimum absolute atomic E-state index is 0.124. The Morgan fingerprint density at radius 2 is 1.80 bits per heavy atom. The molecule has 0 spiro atoms. The number of nitrogens with one attached hydrogen (secondary N) is 2. The van der Waals surface area contributed by atoms with Crippen molar-refractivity contribution < 1.29 is 19.1 Å². The lowest BCUT2D eigenvalue weighted by atomic mass is 10.1. The van der Waals surface area contributed by atoms with Crippen LogP contribution < -0.4 is 10.6 Å². The minimum Gasteiger partial charge on any atom is -0.468 e. The predicted molar refractivity (Wildman–Crippen MR) is 115 cm³/mol. The summed E-state index contributed by atoms with van der Waals surface area (Å²) in [6.07, 6.45) is 5.03. The van der Waals surface area contributed by atoms with Crippen LogP contribution in [0, 0.1) is 0 Å². The van der Waals surface area contributed by atoms with Crippen LogP contribution in [0.15, 0.2) is 66.9 Å². The third-order valence-electron chi connectivity index (χ3n) is 4.32. The Labute approximate surface area is 173 Å². The van der Waals surface area contributed by atoms with E-state index in [-0.39, 0.29) is 24.8 Å². The molecule has 3 rings (SSSR count). The minimum atomic E-state index is -0.506. The number of benzene rings is 2. The molecular formula is C23H21N3O4. The van der Waals surface area contributed by atoms with Gasteiger partial charge in [0.2, 0.25) is 11.8 Å². The summed E-state index contributed by atoms with van der Waals surface area (Å²) in [6.45, 7) is -0.165. The molecule has 2 aromatic carbocycles. The van der Waals surface area contributed by atoms with Crippen LogP contribution in [-0.4, -0.2) is 36.4 Å². The van der Waals surface area contributed by atoms with Gasteiger partial charge in [0.05, 0.1) is 19.0 Å². The van der Waals surface area contributed by atoms with Crippen molar-refractivity contribution in [2.45, 2.75) is 6.42 Å². The third kappa shape index (κ3) is 5.75. The molecule has 0 unspecified atom stereocenters. The second-order valence-electron chi connectivity index (χ2n) is 6.47. The first-order chi connectivity index (χ1) is 14.5. The van der Waals surface area contributed by atoms with Crippen LogP contribution in [0.1, 0.15) is 11.1 Å². The standard InChI is InChI=1S/C23H21N3O4/c1-30-22(29)15-25-21(28)14-16-7-10-19(11-8-16)26-20(27)12-9-18-5-2-4-17-6-3-13-24-23(17)18/h2-13H,14-15H2,1H3,(H,25,28)(H,26,27). The first-order valence-corrected chi connectivity index (χ1v) is 9.30. The molecule has 30 heavy (non-hydrogen) atoms. The molecule has 7 heteroatoms. The molecule has 0 bridgehead atoms. The summed E-state index contributed by atoms with van der Waals surface area (Å²) in [5, 5.41) is 6.26. The van der Waals surface area contributed by atoms with E-state index in [1.807, 2.05) is 30.3 Å². The van der Waals surface area contributed by atoms with Crippen LogP contribution in [0.2, 0.25) is 0 Å². The molecule has 0 fully saturated rings. The molecule has 0 atom stereocenters. The van der Waals surface area contributed by atoms with Crippen LogP contribution in [-0.2, 0) is 25.5 Å². The zero-order valence-corrected chi connectivity index (χ0v) is 16.4. The van der Waals surface area contributed by atoms with Crippen LogP contribution in [0.3, 0.4) is 0 Å². The Bertz CT molecular complexity index is 1090. The molecule has 0 aliphatic heterocycles. The molecule has 2 amide bonds. The SMILES string of the molecule is COC(=O)CNC(=O)Cc1ccc(NC(=O)C=Cc2cccc3cccnc23)cc1. The van der Waals surface area contributed by atoms with E-state index < -0.39 is 5.97 Å². The van der Waals surface area contributed by atoms with E-state index in [2.05, 4.69) is 20.4 Å². The number of anilines is 1. The summed E-state index contributed by atoms with van der Waals surface area (Å²) in [5.74, 6) is -1.07. The lowest BCUT2D eigenvalue weighted by Crippen LogP contribution is -2.31. The zero-order valence-electron chi connectivity index (χ0n) is 16.4. The lowest BCUT2D eigenvalue weighted by molar-refractivity contribution is -0.141. The highest BCUT2D eigenvalue weighted by atomic mass is 16.5. The number of pyridine rings is 1. The van der Waals surface area contributed by atoms with Crippen molar-refractivity contribution in [2.75, 3.05) is 19.0 Å². The second-order valence-corrected chi connectivity index (χ2v) is 6.47. The Hall–Kier alpha value is -4.00. The molecule has 1 aromatic heterocycles. The molecule has 0 aliphatic rings. The summed E-state index contributed by atoms with van der Waals surface area (Å²) in [4.78, 5) is 39.4. The van der Waals surface area contributed by atoms with E-state index in [9.17, 15) is 14.4 Å². The molecule has 0 saturated carbocycles. The van der Waals surface area contributed by atoms with Crippen molar-refractivity contribution in [1.82, 2.24) is 10.3 Å². The summed E-state index contributed by atoms with van der Waals surface area (Å²) < 4.78 is 4.47. The largest absolute Gasteiger partial charge is 0.468 e. The number of fused-ring (bicyclic) bond motifs is 1. The Morgan fingerprint density at radius 3 is 2.57 bits per heavy atom. The van der Waals surface area contributed by atoms with Gasteiger partial charge >= 0.3 is 5.97 Å². The van der Waals surface area contributed by atoms with Crippen LogP contribution >= 0.6 is 0 Å². The van der Waals surface area contributed by atoms with Crippen molar-refractivity contribution >= 4 is 40.4 Å². The first kappa shape index (κ1) is 20.7. The highest BCUT2D eigenvalue weighted by Crippen LogP contribution is 2.17. The fourth-order valence-corrected chi connectivity index (χ4v) is 2.81. The number of esters is 1. The molecule has 7 nitrogen and oxygen atoms in total. The normalized spacial score (nSPS) is 10.7. The molecule has 152 valence electrons. The summed E-state index contributed by atoms with van der Waals surface area (Å²) in [5.41, 5.74) is 3.06. The molecule has 0 aliphatic carbocycles. The molecule has 0 radical (unpaired) electrons. The lowest BCUT2D eigenvalue weighted by Gasteiger charge is -2.06. The summed E-state index contributed by atoms with van der Waals surface area (Å²) >= 11 is 0. The number of hydrogen-bond acceptors (Lipinski definition) is 5. The van der Waals surface area contributed by atoms with Gasteiger partial charge < -0.3 is 15.4 Å². The predicted octanol–water partition coefficient (Wildman–Crippen LogP) is 2.72. The molecule has 1 heterocycles. The average molecular weight is 403 g/mol. The number of para-hydroxylation sites is 1. The van der Waals surface area contributed by atoms with Crippen molar-refractivity contribution in [3.63, 3.8) is 0 Å². The van der Waals surface area contributed by atoms with Crippen LogP contribution in [0.5, 0.6) is 0 Å². The second kappa shape index (κ2) is 9.97. The maximum atomic E-state index is 12.2. The van der Waals surface area contributed by atoms with E-state index in [1.165, 1.54) is 13.2 Å². The molecule has 2 N–H and O–H groups in total. The monoisotopic (exact) mass is 403 g/mol. The number of ether oxygens (including phenoxy) is 1. The van der Waals surface area contributed by atoms with E-state index >= 15 is 0 Å². The highest BCUT2D eigenvalue weighted by Gasteiger charge is 2.07. The van der Waals surface area contributed by atoms with Crippen molar-refractivity contribution in [1.29, 1.82) is 0 Å². The van der Waals surface area contributed by atoms with Gasteiger partial charge in [-0.15, -0.1) is 0 Å². The van der Waals surface area contributed by atoms with Crippen LogP contribution in [0.25, 0.3) is 17.0 Å². The van der Waals surface area contributed by atoms with Crippen molar-refractivity contribution in [2.24, 2.45) is 0 Å². The smallest absolute Gasteiger partial charge is 0.325 e. The fourth-order valence-electron chi connectivity index (χ4n) is 2.81. The third-order valence-corrected chi connectivity index (χ3v) is 4.32. The maximum absolute atomic E-state index is 12.2. The Kier molecular flexibility index (Phi) is 6.89. The van der Waals surface area contributed by atoms with Gasteiger partial charge in [0.1, 0.15) is 6.54 Å². The van der Waals surface area contributed by atoms with Gasteiger partial charge in [-0.3, -0.25) is 19.4 Å². The Balaban J connectivity index is 1.56. The highest BCUT2D eigenvalue weighted by molar-refractivity contribution is 6.03. The van der Waals surface area contributed by atoms with Gasteiger partial charge in [-0.25, -0.2) is 0 Å². The van der Waals surface area contributed by atoms with E-state index in [1.54, 1.807) is 36.5 Å². The zero-order chi connectivity index (χ0) is 21.3. The number of rotatable bonds is 7. The van der Waals surface area contributed by atoms with Crippen molar-refractivity contribution in [3.8, 4) is 0 Å². The van der Waals surface area contributed by atoms with E-state index in [0.717, 1.165) is 22.0 Å². The van der Waals surface area contributed by atoms with E-state index in [0.29, 0.717) is 5.69 Å². The van der Waals surface area contributed by atoms with Gasteiger partial charge in [-0.05, 0) is 29.8 Å². The molecule has 0 saturated heterocycles. The number of hydrogen-bond donors (Lipinski definition) is 2. The van der Waals surface area contributed by atoms with E-state index in [4.69, 9.17) is 0 Å². The van der Waals surface area contributed by atoms with Gasteiger partial charge in [0.15, 0.2) is 0 Å². The van der Waals surface area contributed by atoms with Crippen LogP contribution in [0.4, 0.5) is 5.69 Å². The number of nitrogens with zero attached hydrogens (tertiary/aromatic N) is 1. The number of methoxy groups -OCH3 is 1. The Morgan fingerprint density at radius 1 is 1.03 bits per heavy atom. The van der Waals surface area contributed by atoms with Gasteiger partial charge in [-0.1, -0.05) is 36.4 Å². The molecule has 3 aromatic rings. The summed E-state index contributed by atoms with van der Waals surface area (Å²) in [6, 6.07) is 16.5. The quantitative estimate of drug-likeness (QED) is 0.467. The number of amides is 2. The van der Waals surface area contributed by atoms with Gasteiger partial charge in [0, 0.05) is 28.9 Å². The number of carbonyl (C=O) groups excluding carboxylic acids is 3. The average Bonchev–Trinajstić information content (AvgIpc) is 2.77. The fraction of sp³-hybridized carbons (Fsp3) is 0.130. The molecular weight excluding hydrogens is 382 g/mol. The van der Waals surface area contributed by atoms with Crippen molar-refractivity contribution in [3.05, 3.63) is 78.0 Å². The maximum Gasteiger partial charge on any atom is 0.325 e. The topological polar surface area (TPSA) is 97.4 Å².